The molecule has 0 unspecified atom stereocenters. The van der Waals surface area contributed by atoms with Gasteiger partial charge < -0.3 is 9.30 Å². The molecule has 1 aliphatic rings. The predicted octanol–water partition coefficient (Wildman–Crippen LogP) is 1.52. The monoisotopic (exact) mass is 363 g/mol. The number of ether oxygens (including phenoxy) is 1. The lowest BCUT2D eigenvalue weighted by atomic mass is 10.2. The molecule has 0 N–H and O–H groups in total. The maximum absolute atomic E-state index is 11.2. The molecule has 10 heteroatoms. The van der Waals surface area contributed by atoms with E-state index in [0.717, 1.165) is 30.7 Å². The predicted molar refractivity (Wildman–Crippen MR) is 89.7 cm³/mol. The number of aldehydes is 1. The number of nitrogens with zero attached hydrogens (tertiary/aromatic N) is 5. The minimum atomic E-state index is -0.500. The molecule has 3 rings (SSSR count). The summed E-state index contributed by atoms with van der Waals surface area (Å²) in [5.74, 6) is 0.788. The first-order valence-electron chi connectivity index (χ1n) is 7.68. The third-order valence-electron chi connectivity index (χ3n) is 3.91. The van der Waals surface area contributed by atoms with Crippen molar-refractivity contribution in [3.8, 4) is 0 Å². The first-order chi connectivity index (χ1) is 12.1. The smallest absolute Gasteiger partial charge is 0.284 e. The van der Waals surface area contributed by atoms with Crippen LogP contribution in [0.25, 0.3) is 0 Å². The third-order valence-corrected chi connectivity index (χ3v) is 5.01. The Labute approximate surface area is 148 Å². The molecule has 0 atom stereocenters. The van der Waals surface area contributed by atoms with Crippen LogP contribution in [0.3, 0.4) is 0 Å². The Kier molecular flexibility index (Phi) is 5.41. The van der Waals surface area contributed by atoms with Gasteiger partial charge in [0.1, 0.15) is 12.1 Å². The molecule has 9 nitrogen and oxygen atoms in total. The van der Waals surface area contributed by atoms with Crippen LogP contribution in [0.2, 0.25) is 0 Å². The topological polar surface area (TPSA) is 103 Å². The van der Waals surface area contributed by atoms with Crippen LogP contribution in [-0.2, 0) is 18.3 Å². The Morgan fingerprint density at radius 3 is 2.80 bits per heavy atom. The van der Waals surface area contributed by atoms with Gasteiger partial charge in [-0.1, -0.05) is 6.07 Å². The molecule has 0 spiro atoms. The molecule has 132 valence electrons. The standard InChI is InChI=1S/C15H17N5O4S/c1-18-14(9-19-4-6-24-7-5-19)16-17-15(18)25-13-3-2-11(10-21)8-12(13)20(22)23/h2-3,8,10H,4-7,9H2,1H3. The second-order valence-electron chi connectivity index (χ2n) is 5.55. The zero-order valence-electron chi connectivity index (χ0n) is 13.6. The number of carbonyl (C=O) groups excluding carboxylic acids is 1. The zero-order valence-corrected chi connectivity index (χ0v) is 14.4. The molecule has 1 aromatic heterocycles. The Morgan fingerprint density at radius 1 is 1.36 bits per heavy atom. The molecule has 0 radical (unpaired) electrons. The Morgan fingerprint density at radius 2 is 2.12 bits per heavy atom. The van der Waals surface area contributed by atoms with E-state index in [9.17, 15) is 14.9 Å². The fourth-order valence-corrected chi connectivity index (χ4v) is 3.36. The van der Waals surface area contributed by atoms with E-state index in [2.05, 4.69) is 15.1 Å². The number of aromatic nitrogens is 3. The minimum absolute atomic E-state index is 0.118. The molecule has 0 saturated carbocycles. The van der Waals surface area contributed by atoms with E-state index < -0.39 is 4.92 Å². The van der Waals surface area contributed by atoms with Gasteiger partial charge in [-0.25, -0.2) is 0 Å². The van der Waals surface area contributed by atoms with E-state index in [1.165, 1.54) is 6.07 Å². The van der Waals surface area contributed by atoms with Gasteiger partial charge in [-0.15, -0.1) is 10.2 Å². The molecule has 2 heterocycles. The maximum Gasteiger partial charge on any atom is 0.284 e. The van der Waals surface area contributed by atoms with Crippen molar-refractivity contribution in [2.24, 2.45) is 7.05 Å². The first-order valence-corrected chi connectivity index (χ1v) is 8.50. The van der Waals surface area contributed by atoms with E-state index in [4.69, 9.17) is 4.74 Å². The van der Waals surface area contributed by atoms with Crippen molar-refractivity contribution >= 4 is 23.7 Å². The van der Waals surface area contributed by atoms with Crippen molar-refractivity contribution < 1.29 is 14.5 Å². The lowest BCUT2D eigenvalue weighted by Crippen LogP contribution is -2.36. The summed E-state index contributed by atoms with van der Waals surface area (Å²) in [5.41, 5.74) is 0.148. The van der Waals surface area contributed by atoms with Gasteiger partial charge in [0, 0.05) is 31.8 Å². The van der Waals surface area contributed by atoms with Crippen LogP contribution in [0.5, 0.6) is 0 Å². The zero-order chi connectivity index (χ0) is 17.8. The van der Waals surface area contributed by atoms with Crippen molar-refractivity contribution in [2.45, 2.75) is 16.6 Å². The van der Waals surface area contributed by atoms with Crippen molar-refractivity contribution in [1.29, 1.82) is 0 Å². The molecule has 1 fully saturated rings. The van der Waals surface area contributed by atoms with Crippen LogP contribution in [0, 0.1) is 10.1 Å². The van der Waals surface area contributed by atoms with Gasteiger partial charge in [0.2, 0.25) is 0 Å². The number of hydrogen-bond donors (Lipinski definition) is 0. The normalized spacial score (nSPS) is 15.2. The van der Waals surface area contributed by atoms with Crippen molar-refractivity contribution in [3.05, 3.63) is 39.7 Å². The summed E-state index contributed by atoms with van der Waals surface area (Å²) < 4.78 is 7.16. The van der Waals surface area contributed by atoms with E-state index in [0.29, 0.717) is 36.1 Å². The van der Waals surface area contributed by atoms with Crippen molar-refractivity contribution in [1.82, 2.24) is 19.7 Å². The highest BCUT2D eigenvalue weighted by Crippen LogP contribution is 2.34. The van der Waals surface area contributed by atoms with Gasteiger partial charge in [-0.2, -0.15) is 0 Å². The summed E-state index contributed by atoms with van der Waals surface area (Å²) in [6, 6.07) is 4.37. The maximum atomic E-state index is 11.2. The number of nitro groups is 1. The lowest BCUT2D eigenvalue weighted by Gasteiger charge is -2.25. The number of nitro benzene ring substituents is 1. The SMILES string of the molecule is Cn1c(CN2CCOCC2)nnc1Sc1ccc(C=O)cc1[N+](=O)[O-]. The van der Waals surface area contributed by atoms with E-state index in [1.54, 1.807) is 12.1 Å². The van der Waals surface area contributed by atoms with E-state index in [1.807, 2.05) is 11.6 Å². The number of hydrogen-bond acceptors (Lipinski definition) is 8. The number of morpholine rings is 1. The van der Waals surface area contributed by atoms with Crippen molar-refractivity contribution in [3.63, 3.8) is 0 Å². The fraction of sp³-hybridized carbons (Fsp3) is 0.400. The summed E-state index contributed by atoms with van der Waals surface area (Å²) >= 11 is 1.16. The highest BCUT2D eigenvalue weighted by molar-refractivity contribution is 7.99. The second-order valence-corrected chi connectivity index (χ2v) is 6.56. The van der Waals surface area contributed by atoms with Gasteiger partial charge in [0.25, 0.3) is 5.69 Å². The van der Waals surface area contributed by atoms with Gasteiger partial charge in [0.05, 0.1) is 29.6 Å². The average Bonchev–Trinajstić information content (AvgIpc) is 2.96. The van der Waals surface area contributed by atoms with Gasteiger partial charge in [0.15, 0.2) is 5.16 Å². The molecule has 0 amide bonds. The molecule has 2 aromatic rings. The highest BCUT2D eigenvalue weighted by Gasteiger charge is 2.20. The first kappa shape index (κ1) is 17.5. The van der Waals surface area contributed by atoms with Crippen molar-refractivity contribution in [2.75, 3.05) is 26.3 Å². The molecule has 1 aromatic carbocycles. The van der Waals surface area contributed by atoms with Crippen LogP contribution in [-0.4, -0.2) is 57.2 Å². The molecule has 1 aliphatic heterocycles. The molecule has 1 saturated heterocycles. The Hall–Kier alpha value is -2.30. The van der Waals surface area contributed by atoms with Gasteiger partial charge in [-0.3, -0.25) is 19.8 Å². The van der Waals surface area contributed by atoms with E-state index >= 15 is 0 Å². The molecule has 0 bridgehead atoms. The fourth-order valence-electron chi connectivity index (χ4n) is 2.47. The molecule has 25 heavy (non-hydrogen) atoms. The van der Waals surface area contributed by atoms with Gasteiger partial charge >= 0.3 is 0 Å². The summed E-state index contributed by atoms with van der Waals surface area (Å²) in [4.78, 5) is 24.2. The highest BCUT2D eigenvalue weighted by atomic mass is 32.2. The molecule has 0 aliphatic carbocycles. The molecular weight excluding hydrogens is 346 g/mol. The summed E-state index contributed by atoms with van der Waals surface area (Å²) in [5, 5.41) is 20.2. The quantitative estimate of drug-likeness (QED) is 0.432. The van der Waals surface area contributed by atoms with Crippen LogP contribution in [0.4, 0.5) is 5.69 Å². The summed E-state index contributed by atoms with van der Waals surface area (Å²) in [6.07, 6.45) is 0.588. The largest absolute Gasteiger partial charge is 0.379 e. The summed E-state index contributed by atoms with van der Waals surface area (Å²) in [6.45, 7) is 3.74. The number of carbonyl (C=O) groups is 1. The van der Waals surface area contributed by atoms with Crippen LogP contribution >= 0.6 is 11.8 Å². The van der Waals surface area contributed by atoms with Crippen LogP contribution in [0.15, 0.2) is 28.3 Å². The van der Waals surface area contributed by atoms with E-state index in [-0.39, 0.29) is 11.3 Å². The Bertz CT molecular complexity index is 788. The van der Waals surface area contributed by atoms with Crippen LogP contribution < -0.4 is 0 Å². The van der Waals surface area contributed by atoms with Crippen LogP contribution in [0.1, 0.15) is 16.2 Å². The number of rotatable bonds is 6. The Balaban J connectivity index is 1.79. The average molecular weight is 363 g/mol. The van der Waals surface area contributed by atoms with Gasteiger partial charge in [-0.05, 0) is 17.8 Å². The molecular formula is C15H17N5O4S. The minimum Gasteiger partial charge on any atom is -0.379 e. The lowest BCUT2D eigenvalue weighted by molar-refractivity contribution is -0.387. The summed E-state index contributed by atoms with van der Waals surface area (Å²) in [7, 11) is 1.84. The number of benzene rings is 1. The third kappa shape index (κ3) is 4.03. The second kappa shape index (κ2) is 7.72.